The van der Waals surface area contributed by atoms with E-state index in [1.165, 1.54) is 30.4 Å². The normalized spacial score (nSPS) is 31.2. The number of benzene rings is 1. The quantitative estimate of drug-likeness (QED) is 0.687. The van der Waals surface area contributed by atoms with Crippen LogP contribution in [0.5, 0.6) is 0 Å². The number of dihydropyridines is 1. The molecule has 1 aromatic carbocycles. The molecule has 1 heteroatoms. The first-order valence-corrected chi connectivity index (χ1v) is 6.61. The SMILES string of the molecule is Cc1cccc(C2CCCC3N=CC=CC32)c1. The Hall–Kier alpha value is -1.37. The molecule has 0 spiro atoms. The molecule has 3 rings (SSSR count). The van der Waals surface area contributed by atoms with Crippen LogP contribution in [0.3, 0.4) is 0 Å². The molecule has 3 atom stereocenters. The van der Waals surface area contributed by atoms with E-state index in [4.69, 9.17) is 0 Å². The molecular weight excluding hydrogens is 206 g/mol. The van der Waals surface area contributed by atoms with Crippen LogP contribution >= 0.6 is 0 Å². The molecule has 0 aromatic heterocycles. The van der Waals surface area contributed by atoms with Gasteiger partial charge in [0.15, 0.2) is 0 Å². The second-order valence-electron chi connectivity index (χ2n) is 5.28. The molecule has 0 saturated heterocycles. The zero-order chi connectivity index (χ0) is 11.7. The van der Waals surface area contributed by atoms with Crippen LogP contribution in [0.4, 0.5) is 0 Å². The van der Waals surface area contributed by atoms with Gasteiger partial charge in [-0.25, -0.2) is 0 Å². The second-order valence-corrected chi connectivity index (χ2v) is 5.28. The first-order chi connectivity index (χ1) is 8.34. The summed E-state index contributed by atoms with van der Waals surface area (Å²) in [6.07, 6.45) is 10.3. The zero-order valence-corrected chi connectivity index (χ0v) is 10.3. The van der Waals surface area contributed by atoms with Crippen LogP contribution in [0.1, 0.15) is 36.3 Å². The minimum atomic E-state index is 0.527. The maximum atomic E-state index is 4.64. The van der Waals surface area contributed by atoms with Crippen molar-refractivity contribution < 1.29 is 0 Å². The van der Waals surface area contributed by atoms with Crippen LogP contribution in [-0.4, -0.2) is 12.3 Å². The number of hydrogen-bond donors (Lipinski definition) is 0. The Labute approximate surface area is 103 Å². The molecule has 1 aromatic rings. The highest BCUT2D eigenvalue weighted by atomic mass is 14.8. The van der Waals surface area contributed by atoms with Crippen molar-refractivity contribution >= 4 is 6.21 Å². The van der Waals surface area contributed by atoms with Crippen molar-refractivity contribution in [3.63, 3.8) is 0 Å². The average molecular weight is 225 g/mol. The van der Waals surface area contributed by atoms with Crippen molar-refractivity contribution in [2.45, 2.75) is 38.1 Å². The fraction of sp³-hybridized carbons (Fsp3) is 0.438. The molecular formula is C16H19N. The first-order valence-electron chi connectivity index (χ1n) is 6.61. The fourth-order valence-electron chi connectivity index (χ4n) is 3.26. The maximum absolute atomic E-state index is 4.64. The van der Waals surface area contributed by atoms with E-state index in [0.717, 1.165) is 0 Å². The summed E-state index contributed by atoms with van der Waals surface area (Å²) in [4.78, 5) is 4.64. The summed E-state index contributed by atoms with van der Waals surface area (Å²) >= 11 is 0. The first kappa shape index (κ1) is 10.8. The fourth-order valence-corrected chi connectivity index (χ4v) is 3.26. The number of fused-ring (bicyclic) bond motifs is 1. The average Bonchev–Trinajstić information content (AvgIpc) is 2.38. The Kier molecular flexibility index (Phi) is 2.84. The van der Waals surface area contributed by atoms with Crippen molar-refractivity contribution in [2.24, 2.45) is 10.9 Å². The van der Waals surface area contributed by atoms with Crippen LogP contribution in [-0.2, 0) is 0 Å². The summed E-state index contributed by atoms with van der Waals surface area (Å²) in [7, 11) is 0. The van der Waals surface area contributed by atoms with E-state index >= 15 is 0 Å². The topological polar surface area (TPSA) is 12.4 Å². The van der Waals surface area contributed by atoms with Crippen LogP contribution in [0.25, 0.3) is 0 Å². The van der Waals surface area contributed by atoms with E-state index < -0.39 is 0 Å². The number of aliphatic imine (C=N–C) groups is 1. The van der Waals surface area contributed by atoms with Crippen molar-refractivity contribution in [1.29, 1.82) is 0 Å². The third-order valence-electron chi connectivity index (χ3n) is 4.09. The van der Waals surface area contributed by atoms with Gasteiger partial charge in [0.25, 0.3) is 0 Å². The molecule has 88 valence electrons. The van der Waals surface area contributed by atoms with E-state index in [0.29, 0.717) is 17.9 Å². The Morgan fingerprint density at radius 1 is 1.24 bits per heavy atom. The lowest BCUT2D eigenvalue weighted by molar-refractivity contribution is 0.315. The van der Waals surface area contributed by atoms with E-state index in [-0.39, 0.29) is 0 Å². The van der Waals surface area contributed by atoms with Crippen molar-refractivity contribution in [1.82, 2.24) is 0 Å². The van der Waals surface area contributed by atoms with Gasteiger partial charge in [-0.05, 0) is 37.3 Å². The Morgan fingerprint density at radius 3 is 3.06 bits per heavy atom. The summed E-state index contributed by atoms with van der Waals surface area (Å²) in [6, 6.07) is 9.52. The van der Waals surface area contributed by atoms with Gasteiger partial charge < -0.3 is 0 Å². The molecule has 2 aliphatic rings. The number of rotatable bonds is 1. The number of aryl methyl sites for hydroxylation is 1. The molecule has 0 amide bonds. The zero-order valence-electron chi connectivity index (χ0n) is 10.3. The Morgan fingerprint density at radius 2 is 2.18 bits per heavy atom. The molecule has 1 fully saturated rings. The molecule has 1 saturated carbocycles. The van der Waals surface area contributed by atoms with E-state index in [1.807, 2.05) is 6.21 Å². The molecule has 1 aliphatic carbocycles. The smallest absolute Gasteiger partial charge is 0.0568 e. The molecule has 0 bridgehead atoms. The van der Waals surface area contributed by atoms with Gasteiger partial charge in [0.1, 0.15) is 0 Å². The minimum absolute atomic E-state index is 0.527. The van der Waals surface area contributed by atoms with Gasteiger partial charge in [-0.2, -0.15) is 0 Å². The third kappa shape index (κ3) is 2.06. The molecule has 1 heterocycles. The van der Waals surface area contributed by atoms with Crippen molar-refractivity contribution in [3.05, 3.63) is 47.5 Å². The van der Waals surface area contributed by atoms with Crippen LogP contribution in [0.15, 0.2) is 41.4 Å². The Balaban J connectivity index is 1.91. The van der Waals surface area contributed by atoms with Gasteiger partial charge in [0.05, 0.1) is 6.04 Å². The summed E-state index contributed by atoms with van der Waals surface area (Å²) in [5.74, 6) is 1.29. The predicted octanol–water partition coefficient (Wildman–Crippen LogP) is 3.89. The lowest BCUT2D eigenvalue weighted by atomic mass is 9.72. The summed E-state index contributed by atoms with van der Waals surface area (Å²) < 4.78 is 0. The molecule has 1 aliphatic heterocycles. The molecule has 17 heavy (non-hydrogen) atoms. The standard InChI is InChI=1S/C16H19N/c1-12-5-2-6-13(11-12)14-7-3-9-16-15(14)8-4-10-17-16/h2,4-6,8,10-11,14-16H,3,7,9H2,1H3. The minimum Gasteiger partial charge on any atom is -0.289 e. The predicted molar refractivity (Wildman–Crippen MR) is 72.7 cm³/mol. The van der Waals surface area contributed by atoms with E-state index in [2.05, 4.69) is 48.3 Å². The highest BCUT2D eigenvalue weighted by Gasteiger charge is 2.32. The van der Waals surface area contributed by atoms with E-state index in [1.54, 1.807) is 0 Å². The van der Waals surface area contributed by atoms with Crippen LogP contribution in [0, 0.1) is 12.8 Å². The number of nitrogens with zero attached hydrogens (tertiary/aromatic N) is 1. The summed E-state index contributed by atoms with van der Waals surface area (Å²) in [5.41, 5.74) is 2.87. The monoisotopic (exact) mass is 225 g/mol. The van der Waals surface area contributed by atoms with Gasteiger partial charge >= 0.3 is 0 Å². The molecule has 0 N–H and O–H groups in total. The van der Waals surface area contributed by atoms with Crippen LogP contribution < -0.4 is 0 Å². The van der Waals surface area contributed by atoms with Crippen LogP contribution in [0.2, 0.25) is 0 Å². The van der Waals surface area contributed by atoms with Gasteiger partial charge in [-0.3, -0.25) is 4.99 Å². The van der Waals surface area contributed by atoms with Gasteiger partial charge in [-0.15, -0.1) is 0 Å². The van der Waals surface area contributed by atoms with Gasteiger partial charge in [0, 0.05) is 12.1 Å². The van der Waals surface area contributed by atoms with Gasteiger partial charge in [0.2, 0.25) is 0 Å². The highest BCUT2D eigenvalue weighted by Crippen LogP contribution is 2.41. The lowest BCUT2D eigenvalue weighted by Crippen LogP contribution is -2.30. The molecule has 1 nitrogen and oxygen atoms in total. The largest absolute Gasteiger partial charge is 0.289 e. The van der Waals surface area contributed by atoms with E-state index in [9.17, 15) is 0 Å². The third-order valence-corrected chi connectivity index (χ3v) is 4.09. The second kappa shape index (κ2) is 4.48. The summed E-state index contributed by atoms with van der Waals surface area (Å²) in [6.45, 7) is 2.18. The molecule has 0 radical (unpaired) electrons. The lowest BCUT2D eigenvalue weighted by Gasteiger charge is -2.36. The maximum Gasteiger partial charge on any atom is 0.0568 e. The number of allylic oxidation sites excluding steroid dienone is 1. The highest BCUT2D eigenvalue weighted by molar-refractivity contribution is 5.72. The summed E-state index contributed by atoms with van der Waals surface area (Å²) in [5, 5.41) is 0. The number of hydrogen-bond acceptors (Lipinski definition) is 1. The Bertz CT molecular complexity index is 458. The van der Waals surface area contributed by atoms with Gasteiger partial charge in [-0.1, -0.05) is 42.3 Å². The van der Waals surface area contributed by atoms with Crippen molar-refractivity contribution in [2.75, 3.05) is 0 Å². The van der Waals surface area contributed by atoms with Crippen molar-refractivity contribution in [3.8, 4) is 0 Å². The molecule has 3 unspecified atom stereocenters.